The van der Waals surface area contributed by atoms with Crippen molar-refractivity contribution in [3.05, 3.63) is 34.4 Å². The molecule has 0 saturated heterocycles. The number of unbranched alkanes of at least 4 members (excludes halogenated alkanes) is 2. The van der Waals surface area contributed by atoms with E-state index in [0.717, 1.165) is 43.4 Å². The number of alkyl halides is 1. The van der Waals surface area contributed by atoms with Crippen molar-refractivity contribution in [1.29, 1.82) is 0 Å². The lowest BCUT2D eigenvalue weighted by Crippen LogP contribution is -2.32. The highest BCUT2D eigenvalue weighted by atomic mass is 35.5. The van der Waals surface area contributed by atoms with Gasteiger partial charge in [0.25, 0.3) is 5.69 Å². The third kappa shape index (κ3) is 5.81. The van der Waals surface area contributed by atoms with Crippen LogP contribution in [0.3, 0.4) is 0 Å². The van der Waals surface area contributed by atoms with Crippen LogP contribution >= 0.6 is 23.4 Å². The molecule has 3 nitrogen and oxygen atoms in total. The number of benzene rings is 1. The maximum Gasteiger partial charge on any atom is 0.269 e. The number of hydrogen-bond donors (Lipinski definition) is 0. The summed E-state index contributed by atoms with van der Waals surface area (Å²) in [5.74, 6) is 0. The summed E-state index contributed by atoms with van der Waals surface area (Å²) in [7, 11) is 0. The summed E-state index contributed by atoms with van der Waals surface area (Å²) in [6, 6.07) is 6.75. The molecule has 0 aliphatic rings. The second-order valence-electron chi connectivity index (χ2n) is 5.75. The Labute approximate surface area is 143 Å². The third-order valence-corrected chi connectivity index (χ3v) is 6.16. The van der Waals surface area contributed by atoms with Gasteiger partial charge in [-0.25, -0.2) is 0 Å². The van der Waals surface area contributed by atoms with Gasteiger partial charge in [-0.3, -0.25) is 10.1 Å². The average Bonchev–Trinajstić information content (AvgIpc) is 2.51. The Morgan fingerprint density at radius 1 is 1.18 bits per heavy atom. The smallest absolute Gasteiger partial charge is 0.258 e. The minimum Gasteiger partial charge on any atom is -0.258 e. The second-order valence-corrected chi connectivity index (χ2v) is 7.92. The summed E-state index contributed by atoms with van der Waals surface area (Å²) in [4.78, 5) is 11.2. The largest absolute Gasteiger partial charge is 0.269 e. The Hall–Kier alpha value is -0.740. The van der Waals surface area contributed by atoms with Gasteiger partial charge in [0.05, 0.1) is 9.80 Å². The summed E-state index contributed by atoms with van der Waals surface area (Å²) in [6.07, 6.45) is 6.61. The summed E-state index contributed by atoms with van der Waals surface area (Å²) < 4.78 is 0. The Kier molecular flexibility index (Phi) is 8.26. The predicted molar refractivity (Wildman–Crippen MR) is 96.0 cm³/mol. The molecule has 0 fully saturated rings. The third-order valence-electron chi connectivity index (χ3n) is 3.98. The quantitative estimate of drug-likeness (QED) is 0.212. The molecule has 0 heterocycles. The summed E-state index contributed by atoms with van der Waals surface area (Å²) in [5, 5.41) is 11.0. The van der Waals surface area contributed by atoms with E-state index in [1.807, 2.05) is 12.1 Å². The fourth-order valence-electron chi connectivity index (χ4n) is 2.43. The fourth-order valence-corrected chi connectivity index (χ4v) is 3.98. The molecule has 0 saturated carbocycles. The first-order valence-corrected chi connectivity index (χ1v) is 9.28. The maximum atomic E-state index is 10.7. The first-order valence-electron chi connectivity index (χ1n) is 8.03. The number of hydrogen-bond acceptors (Lipinski definition) is 3. The van der Waals surface area contributed by atoms with Crippen molar-refractivity contribution >= 4 is 29.1 Å². The number of nitrogens with zero attached hydrogens (tertiary/aromatic N) is 1. The monoisotopic (exact) mass is 343 g/mol. The highest BCUT2D eigenvalue weighted by Gasteiger charge is 2.33. The van der Waals surface area contributed by atoms with Gasteiger partial charge in [0.15, 0.2) is 0 Å². The van der Waals surface area contributed by atoms with E-state index in [1.54, 1.807) is 23.9 Å². The summed E-state index contributed by atoms with van der Waals surface area (Å²) in [5.41, 5.74) is 0.131. The van der Waals surface area contributed by atoms with E-state index in [0.29, 0.717) is 0 Å². The van der Waals surface area contributed by atoms with E-state index in [4.69, 9.17) is 11.6 Å². The van der Waals surface area contributed by atoms with Crippen molar-refractivity contribution in [2.45, 2.75) is 74.3 Å². The van der Waals surface area contributed by atoms with Crippen LogP contribution in [-0.2, 0) is 0 Å². The second kappa shape index (κ2) is 9.41. The van der Waals surface area contributed by atoms with E-state index >= 15 is 0 Å². The molecule has 0 amide bonds. The molecule has 0 aliphatic heterocycles. The molecule has 0 N–H and O–H groups in total. The van der Waals surface area contributed by atoms with Crippen LogP contribution in [0, 0.1) is 10.1 Å². The zero-order valence-corrected chi connectivity index (χ0v) is 15.3. The van der Waals surface area contributed by atoms with Crippen LogP contribution in [0.4, 0.5) is 5.69 Å². The van der Waals surface area contributed by atoms with Crippen molar-refractivity contribution in [1.82, 2.24) is 0 Å². The van der Waals surface area contributed by atoms with Crippen LogP contribution < -0.4 is 0 Å². The SMILES string of the molecule is CCCCC(Cl)(CCCC)C(C)Sc1ccc([N+](=O)[O-])cc1. The minimum absolute atomic E-state index is 0.131. The molecule has 0 spiro atoms. The molecular weight excluding hydrogens is 318 g/mol. The van der Waals surface area contributed by atoms with Gasteiger partial charge < -0.3 is 0 Å². The van der Waals surface area contributed by atoms with E-state index in [-0.39, 0.29) is 20.7 Å². The van der Waals surface area contributed by atoms with Crippen LogP contribution in [0.5, 0.6) is 0 Å². The lowest BCUT2D eigenvalue weighted by atomic mass is 9.92. The highest BCUT2D eigenvalue weighted by Crippen LogP contribution is 2.41. The van der Waals surface area contributed by atoms with Crippen molar-refractivity contribution in [3.8, 4) is 0 Å². The highest BCUT2D eigenvalue weighted by molar-refractivity contribution is 8.00. The Bertz CT molecular complexity index is 456. The standard InChI is InChI=1S/C17H26ClNO2S/c1-4-6-12-17(18,13-7-5-2)14(3)22-16-10-8-15(9-11-16)19(20)21/h8-11,14H,4-7,12-13H2,1-3H3. The first kappa shape index (κ1) is 19.3. The number of rotatable bonds is 10. The number of non-ortho nitro benzene ring substituents is 1. The van der Waals surface area contributed by atoms with Crippen LogP contribution in [0.1, 0.15) is 59.3 Å². The van der Waals surface area contributed by atoms with Gasteiger partial charge in [-0.15, -0.1) is 23.4 Å². The van der Waals surface area contributed by atoms with E-state index in [1.165, 1.54) is 0 Å². The molecule has 1 unspecified atom stereocenters. The van der Waals surface area contributed by atoms with Gasteiger partial charge in [0, 0.05) is 22.3 Å². The topological polar surface area (TPSA) is 43.1 Å². The number of halogens is 1. The van der Waals surface area contributed by atoms with Gasteiger partial charge in [0.1, 0.15) is 0 Å². The number of thioether (sulfide) groups is 1. The predicted octanol–water partition coefficient (Wildman–Crippen LogP) is 6.43. The molecule has 1 aromatic rings. The normalized spacial score (nSPS) is 13.1. The van der Waals surface area contributed by atoms with Gasteiger partial charge in [-0.05, 0) is 25.0 Å². The van der Waals surface area contributed by atoms with Crippen LogP contribution in [0.25, 0.3) is 0 Å². The minimum atomic E-state index is -0.369. The summed E-state index contributed by atoms with van der Waals surface area (Å²) in [6.45, 7) is 6.54. The zero-order valence-electron chi connectivity index (χ0n) is 13.7. The van der Waals surface area contributed by atoms with Crippen molar-refractivity contribution in [2.24, 2.45) is 0 Å². The van der Waals surface area contributed by atoms with Gasteiger partial charge in [0.2, 0.25) is 0 Å². The molecule has 22 heavy (non-hydrogen) atoms. The van der Waals surface area contributed by atoms with Crippen molar-refractivity contribution < 1.29 is 4.92 Å². The van der Waals surface area contributed by atoms with Crippen molar-refractivity contribution in [3.63, 3.8) is 0 Å². The molecule has 1 aromatic carbocycles. The van der Waals surface area contributed by atoms with Crippen LogP contribution in [0.2, 0.25) is 0 Å². The molecule has 1 rings (SSSR count). The number of nitro groups is 1. The molecule has 124 valence electrons. The molecule has 0 radical (unpaired) electrons. The number of nitro benzene ring substituents is 1. The van der Waals surface area contributed by atoms with Crippen LogP contribution in [0.15, 0.2) is 29.2 Å². The molecule has 0 bridgehead atoms. The Balaban J connectivity index is 2.76. The van der Waals surface area contributed by atoms with Crippen LogP contribution in [-0.4, -0.2) is 15.0 Å². The molecule has 5 heteroatoms. The van der Waals surface area contributed by atoms with Crippen molar-refractivity contribution in [2.75, 3.05) is 0 Å². The molecule has 0 aliphatic carbocycles. The van der Waals surface area contributed by atoms with Gasteiger partial charge in [-0.2, -0.15) is 0 Å². The van der Waals surface area contributed by atoms with E-state index in [2.05, 4.69) is 20.8 Å². The lowest BCUT2D eigenvalue weighted by molar-refractivity contribution is -0.384. The van der Waals surface area contributed by atoms with Gasteiger partial charge >= 0.3 is 0 Å². The Morgan fingerprint density at radius 2 is 1.68 bits per heavy atom. The zero-order chi connectivity index (χ0) is 16.6. The summed E-state index contributed by atoms with van der Waals surface area (Å²) >= 11 is 8.67. The van der Waals surface area contributed by atoms with E-state index in [9.17, 15) is 10.1 Å². The Morgan fingerprint density at radius 3 is 2.09 bits per heavy atom. The van der Waals surface area contributed by atoms with Gasteiger partial charge in [-0.1, -0.05) is 46.5 Å². The molecular formula is C17H26ClNO2S. The lowest BCUT2D eigenvalue weighted by Gasteiger charge is -2.33. The molecule has 0 aromatic heterocycles. The first-order chi connectivity index (χ1) is 10.4. The fraction of sp³-hybridized carbons (Fsp3) is 0.647. The maximum absolute atomic E-state index is 10.7. The van der Waals surface area contributed by atoms with E-state index < -0.39 is 0 Å². The average molecular weight is 344 g/mol. The molecule has 1 atom stereocenters.